The molecule has 0 radical (unpaired) electrons. The number of carbonyl (C=O) groups is 1. The summed E-state index contributed by atoms with van der Waals surface area (Å²) in [6.07, 6.45) is 0. The summed E-state index contributed by atoms with van der Waals surface area (Å²) in [6, 6.07) is 17.3. The van der Waals surface area contributed by atoms with E-state index < -0.39 is 17.3 Å². The molecule has 3 aromatic rings. The lowest BCUT2D eigenvalue weighted by Gasteiger charge is -2.30. The van der Waals surface area contributed by atoms with Crippen LogP contribution in [0.5, 0.6) is 0 Å². The fraction of sp³-hybridized carbons (Fsp3) is 0.136. The highest BCUT2D eigenvalue weighted by molar-refractivity contribution is 8.00. The Balaban J connectivity index is 1.56. The third kappa shape index (κ3) is 4.60. The number of carbonyl (C=O) groups excluding carboxylic acids is 1. The lowest BCUT2D eigenvalue weighted by Crippen LogP contribution is -2.46. The second kappa shape index (κ2) is 9.36. The van der Waals surface area contributed by atoms with E-state index in [1.165, 1.54) is 17.8 Å². The van der Waals surface area contributed by atoms with Gasteiger partial charge in [-0.25, -0.2) is 9.18 Å². The molecule has 1 aliphatic rings. The van der Waals surface area contributed by atoms with Gasteiger partial charge in [0.15, 0.2) is 5.50 Å². The van der Waals surface area contributed by atoms with Crippen LogP contribution in [0, 0.1) is 5.82 Å². The van der Waals surface area contributed by atoms with E-state index in [2.05, 4.69) is 10.6 Å². The van der Waals surface area contributed by atoms with Crippen LogP contribution in [0.4, 0.5) is 20.6 Å². The molecule has 0 saturated heterocycles. The summed E-state index contributed by atoms with van der Waals surface area (Å²) < 4.78 is 14.0. The number of benzene rings is 3. The van der Waals surface area contributed by atoms with Crippen molar-refractivity contribution in [2.75, 3.05) is 4.90 Å². The van der Waals surface area contributed by atoms with Gasteiger partial charge in [0.25, 0.3) is 0 Å². The molecule has 31 heavy (non-hydrogen) atoms. The number of nitrogens with one attached hydrogen (secondary N) is 2. The van der Waals surface area contributed by atoms with Crippen molar-refractivity contribution in [3.05, 3.63) is 87.7 Å². The summed E-state index contributed by atoms with van der Waals surface area (Å²) in [5.41, 5.74) is 8.37. The van der Waals surface area contributed by atoms with E-state index in [1.54, 1.807) is 18.2 Å². The van der Waals surface area contributed by atoms with Crippen LogP contribution in [0.25, 0.3) is 0 Å². The molecule has 1 heterocycles. The van der Waals surface area contributed by atoms with E-state index in [-0.39, 0.29) is 6.54 Å². The van der Waals surface area contributed by atoms with E-state index >= 15 is 0 Å². The fourth-order valence-corrected chi connectivity index (χ4v) is 5.00. The normalized spacial score (nSPS) is 15.0. The van der Waals surface area contributed by atoms with Crippen molar-refractivity contribution < 1.29 is 9.18 Å². The molecule has 1 atom stereocenters. The molecule has 3 aromatic carbocycles. The van der Waals surface area contributed by atoms with Crippen molar-refractivity contribution in [2.24, 2.45) is 5.73 Å². The highest BCUT2D eigenvalue weighted by Crippen LogP contribution is 2.49. The average molecular weight is 477 g/mol. The lowest BCUT2D eigenvalue weighted by molar-refractivity contribution is 0.240. The van der Waals surface area contributed by atoms with Crippen molar-refractivity contribution in [1.82, 2.24) is 10.6 Å². The summed E-state index contributed by atoms with van der Waals surface area (Å²) in [7, 11) is 0. The predicted molar refractivity (Wildman–Crippen MR) is 124 cm³/mol. The maximum Gasteiger partial charge on any atom is 0.317 e. The third-order valence-corrected chi connectivity index (χ3v) is 6.53. The Labute approximate surface area is 193 Å². The van der Waals surface area contributed by atoms with Crippen molar-refractivity contribution in [1.29, 1.82) is 0 Å². The SMILES string of the molecule is NCc1cccc(Cl)c1N1c2ccccc2SC1NC(=O)NCc1ccc(Cl)cc1F. The molecular formula is C22H19Cl2FN4OS. The summed E-state index contributed by atoms with van der Waals surface area (Å²) in [5, 5.41) is 6.48. The van der Waals surface area contributed by atoms with E-state index in [9.17, 15) is 9.18 Å². The molecule has 0 fully saturated rings. The Hall–Kier alpha value is -2.45. The first-order valence-corrected chi connectivity index (χ1v) is 11.1. The molecule has 1 unspecified atom stereocenters. The molecule has 4 rings (SSSR count). The van der Waals surface area contributed by atoms with Crippen LogP contribution in [-0.4, -0.2) is 11.5 Å². The number of rotatable bonds is 5. The number of hydrogen-bond donors (Lipinski definition) is 3. The number of fused-ring (bicyclic) bond motifs is 1. The fourth-order valence-electron chi connectivity index (χ4n) is 3.39. The van der Waals surface area contributed by atoms with Crippen molar-refractivity contribution in [3.63, 3.8) is 0 Å². The number of hydrogen-bond acceptors (Lipinski definition) is 4. The highest BCUT2D eigenvalue weighted by Gasteiger charge is 2.34. The van der Waals surface area contributed by atoms with Crippen molar-refractivity contribution >= 4 is 52.4 Å². The Bertz CT molecular complexity index is 1130. The largest absolute Gasteiger partial charge is 0.334 e. The third-order valence-electron chi connectivity index (χ3n) is 4.84. The lowest BCUT2D eigenvalue weighted by atomic mass is 10.1. The molecule has 160 valence electrons. The summed E-state index contributed by atoms with van der Waals surface area (Å²) in [6.45, 7) is 0.327. The van der Waals surface area contributed by atoms with Gasteiger partial charge >= 0.3 is 6.03 Å². The van der Waals surface area contributed by atoms with E-state index in [0.717, 1.165) is 21.8 Å². The van der Waals surface area contributed by atoms with Gasteiger partial charge < -0.3 is 21.3 Å². The van der Waals surface area contributed by atoms with Crippen LogP contribution >= 0.6 is 35.0 Å². The minimum Gasteiger partial charge on any atom is -0.334 e. The number of para-hydroxylation sites is 2. The maximum atomic E-state index is 14.0. The van der Waals surface area contributed by atoms with Gasteiger partial charge in [-0.1, -0.05) is 65.3 Å². The number of anilines is 2. The minimum atomic E-state index is -0.472. The molecule has 0 saturated carbocycles. The highest BCUT2D eigenvalue weighted by atomic mass is 35.5. The maximum absolute atomic E-state index is 14.0. The second-order valence-corrected chi connectivity index (χ2v) is 8.79. The first-order chi connectivity index (χ1) is 15.0. The zero-order valence-electron chi connectivity index (χ0n) is 16.2. The minimum absolute atomic E-state index is 0.0271. The van der Waals surface area contributed by atoms with E-state index in [1.807, 2.05) is 41.3 Å². The van der Waals surface area contributed by atoms with Gasteiger partial charge in [-0.15, -0.1) is 0 Å². The summed E-state index contributed by atoms with van der Waals surface area (Å²) in [5.74, 6) is -0.472. The first kappa shape index (κ1) is 21.8. The predicted octanol–water partition coefficient (Wildman–Crippen LogP) is 5.62. The zero-order chi connectivity index (χ0) is 22.0. The molecule has 5 nitrogen and oxygen atoms in total. The number of thioether (sulfide) groups is 1. The van der Waals surface area contributed by atoms with Gasteiger partial charge in [0.2, 0.25) is 0 Å². The van der Waals surface area contributed by atoms with Crippen LogP contribution in [0.15, 0.2) is 65.6 Å². The van der Waals surface area contributed by atoms with Gasteiger partial charge in [-0.05, 0) is 35.9 Å². The Morgan fingerprint density at radius 1 is 1.10 bits per heavy atom. The zero-order valence-corrected chi connectivity index (χ0v) is 18.6. The van der Waals surface area contributed by atoms with Crippen LogP contribution in [0.1, 0.15) is 11.1 Å². The molecule has 9 heteroatoms. The van der Waals surface area contributed by atoms with Gasteiger partial charge in [-0.2, -0.15) is 0 Å². The summed E-state index contributed by atoms with van der Waals surface area (Å²) >= 11 is 13.8. The number of nitrogens with zero attached hydrogens (tertiary/aromatic N) is 1. The van der Waals surface area contributed by atoms with E-state index in [4.69, 9.17) is 28.9 Å². The van der Waals surface area contributed by atoms with Gasteiger partial charge in [0, 0.05) is 28.6 Å². The number of nitrogens with two attached hydrogens (primary N) is 1. The number of urea groups is 1. The molecule has 0 aliphatic carbocycles. The van der Waals surface area contributed by atoms with Gasteiger partial charge in [0.1, 0.15) is 5.82 Å². The smallest absolute Gasteiger partial charge is 0.317 e. The monoisotopic (exact) mass is 476 g/mol. The number of amides is 2. The van der Waals surface area contributed by atoms with E-state index in [0.29, 0.717) is 22.2 Å². The van der Waals surface area contributed by atoms with Crippen molar-refractivity contribution in [2.45, 2.75) is 23.5 Å². The molecule has 0 bridgehead atoms. The van der Waals surface area contributed by atoms with Crippen LogP contribution < -0.4 is 21.3 Å². The second-order valence-electron chi connectivity index (χ2n) is 6.82. The standard InChI is InChI=1S/C22H19Cl2FN4OS/c23-15-9-8-14(17(25)10-15)12-27-21(30)28-22-29(18-6-1-2-7-19(18)31-22)20-13(11-26)4-3-5-16(20)24/h1-10,22H,11-12,26H2,(H2,27,28,30). The molecule has 2 amide bonds. The molecule has 1 aliphatic heterocycles. The van der Waals surface area contributed by atoms with Crippen LogP contribution in [0.2, 0.25) is 10.0 Å². The average Bonchev–Trinajstić information content (AvgIpc) is 3.10. The topological polar surface area (TPSA) is 70.4 Å². The molecule has 0 aromatic heterocycles. The molecule has 4 N–H and O–H groups in total. The van der Waals surface area contributed by atoms with Gasteiger partial charge in [0.05, 0.1) is 16.4 Å². The Kier molecular flexibility index (Phi) is 6.57. The van der Waals surface area contributed by atoms with Gasteiger partial charge in [-0.3, -0.25) is 0 Å². The van der Waals surface area contributed by atoms with Crippen molar-refractivity contribution in [3.8, 4) is 0 Å². The Morgan fingerprint density at radius 2 is 1.90 bits per heavy atom. The van der Waals surface area contributed by atoms with Crippen LogP contribution in [-0.2, 0) is 13.1 Å². The molecular weight excluding hydrogens is 458 g/mol. The molecule has 0 spiro atoms. The quantitative estimate of drug-likeness (QED) is 0.446. The first-order valence-electron chi connectivity index (χ1n) is 9.48. The summed E-state index contributed by atoms with van der Waals surface area (Å²) in [4.78, 5) is 15.6. The van der Waals surface area contributed by atoms with Crippen LogP contribution in [0.3, 0.4) is 0 Å². The Morgan fingerprint density at radius 3 is 2.68 bits per heavy atom. The number of halogens is 3.